The minimum Gasteiger partial charge on any atom is -0.493 e. The fourth-order valence-electron chi connectivity index (χ4n) is 4.81. The van der Waals surface area contributed by atoms with E-state index in [0.717, 1.165) is 37.9 Å². The van der Waals surface area contributed by atoms with E-state index in [4.69, 9.17) is 21.1 Å². The van der Waals surface area contributed by atoms with Crippen LogP contribution in [0.3, 0.4) is 0 Å². The van der Waals surface area contributed by atoms with E-state index in [1.54, 1.807) is 13.2 Å². The molecule has 2 aliphatic heterocycles. The molecule has 10 heteroatoms. The zero-order valence-corrected chi connectivity index (χ0v) is 20.1. The summed E-state index contributed by atoms with van der Waals surface area (Å²) in [5, 5.41) is 7.05. The Morgan fingerprint density at radius 2 is 2.11 bits per heavy atom. The number of anilines is 2. The fourth-order valence-corrected chi connectivity index (χ4v) is 4.99. The number of aromatic nitrogens is 2. The first-order chi connectivity index (χ1) is 17.0. The summed E-state index contributed by atoms with van der Waals surface area (Å²) in [6.45, 7) is 3.34. The largest absolute Gasteiger partial charge is 0.493 e. The Bertz CT molecular complexity index is 1240. The van der Waals surface area contributed by atoms with Gasteiger partial charge in [0.25, 0.3) is 0 Å². The Morgan fingerprint density at radius 1 is 1.23 bits per heavy atom. The van der Waals surface area contributed by atoms with Crippen LogP contribution in [0.15, 0.2) is 36.7 Å². The number of amides is 1. The number of nitrogens with zero attached hydrogens (tertiary/aromatic N) is 3. The lowest BCUT2D eigenvalue weighted by Gasteiger charge is -2.24. The molecule has 2 N–H and O–H groups in total. The number of ether oxygens (including phenoxy) is 2. The minimum absolute atomic E-state index is 0.0266. The number of nitrogens with one attached hydrogen (secondary N) is 2. The maximum atomic E-state index is 13.5. The van der Waals surface area contributed by atoms with Gasteiger partial charge in [-0.05, 0) is 43.0 Å². The van der Waals surface area contributed by atoms with Crippen molar-refractivity contribution < 1.29 is 18.7 Å². The average Bonchev–Trinajstić information content (AvgIpc) is 3.25. The first-order valence-corrected chi connectivity index (χ1v) is 12.1. The van der Waals surface area contributed by atoms with Crippen LogP contribution in [0.4, 0.5) is 15.9 Å². The van der Waals surface area contributed by atoms with Crippen molar-refractivity contribution in [1.82, 2.24) is 20.2 Å². The van der Waals surface area contributed by atoms with Gasteiger partial charge in [0.2, 0.25) is 5.91 Å². The van der Waals surface area contributed by atoms with Crippen LogP contribution in [0.2, 0.25) is 5.02 Å². The molecule has 5 rings (SSSR count). The Labute approximate surface area is 207 Å². The molecule has 184 valence electrons. The number of benzene rings is 2. The summed E-state index contributed by atoms with van der Waals surface area (Å²) in [4.78, 5) is 22.7. The number of carbonyl (C=O) groups is 1. The molecule has 8 nitrogen and oxygen atoms in total. The van der Waals surface area contributed by atoms with Gasteiger partial charge in [0.05, 0.1) is 24.3 Å². The first kappa shape index (κ1) is 23.6. The fraction of sp³-hybridized carbons (Fsp3) is 0.400. The van der Waals surface area contributed by atoms with Gasteiger partial charge in [-0.2, -0.15) is 0 Å². The van der Waals surface area contributed by atoms with E-state index >= 15 is 0 Å². The average molecular weight is 500 g/mol. The Kier molecular flexibility index (Phi) is 6.88. The van der Waals surface area contributed by atoms with Crippen molar-refractivity contribution in [3.63, 3.8) is 0 Å². The molecule has 0 spiro atoms. The number of halogens is 2. The van der Waals surface area contributed by atoms with Gasteiger partial charge in [-0.15, -0.1) is 0 Å². The van der Waals surface area contributed by atoms with Crippen molar-refractivity contribution in [1.29, 1.82) is 0 Å². The maximum absolute atomic E-state index is 13.5. The number of piperidine rings is 1. The zero-order chi connectivity index (χ0) is 24.4. The smallest absolute Gasteiger partial charge is 0.220 e. The molecular weight excluding hydrogens is 473 g/mol. The van der Waals surface area contributed by atoms with Crippen LogP contribution in [-0.2, 0) is 4.79 Å². The molecule has 3 aromatic rings. The van der Waals surface area contributed by atoms with Crippen molar-refractivity contribution in [3.8, 4) is 11.5 Å². The van der Waals surface area contributed by atoms with E-state index in [0.29, 0.717) is 47.5 Å². The predicted octanol–water partition coefficient (Wildman–Crippen LogP) is 4.15. The molecule has 0 aliphatic carbocycles. The summed E-state index contributed by atoms with van der Waals surface area (Å²) in [7, 11) is 1.59. The van der Waals surface area contributed by atoms with Gasteiger partial charge in [0.1, 0.15) is 18.0 Å². The molecular formula is C25H27ClFN5O3. The van der Waals surface area contributed by atoms with Crippen LogP contribution in [0.5, 0.6) is 11.5 Å². The lowest BCUT2D eigenvalue weighted by molar-refractivity contribution is -0.123. The lowest BCUT2D eigenvalue weighted by Crippen LogP contribution is -2.44. The van der Waals surface area contributed by atoms with Crippen LogP contribution in [0.25, 0.3) is 10.9 Å². The summed E-state index contributed by atoms with van der Waals surface area (Å²) >= 11 is 5.92. The summed E-state index contributed by atoms with van der Waals surface area (Å²) < 4.78 is 25.2. The van der Waals surface area contributed by atoms with E-state index in [2.05, 4.69) is 25.5 Å². The molecule has 0 saturated carbocycles. The Morgan fingerprint density at radius 3 is 2.94 bits per heavy atom. The highest BCUT2D eigenvalue weighted by Gasteiger charge is 2.36. The number of rotatable bonds is 8. The van der Waals surface area contributed by atoms with Gasteiger partial charge < -0.3 is 25.0 Å². The number of likely N-dealkylation sites (tertiary alicyclic amines) is 1. The summed E-state index contributed by atoms with van der Waals surface area (Å²) in [5.74, 6) is 1.96. The van der Waals surface area contributed by atoms with E-state index in [9.17, 15) is 9.18 Å². The quantitative estimate of drug-likeness (QED) is 0.450. The van der Waals surface area contributed by atoms with E-state index in [1.807, 2.05) is 12.1 Å². The maximum Gasteiger partial charge on any atom is 0.220 e. The number of fused-ring (bicyclic) bond motifs is 2. The van der Waals surface area contributed by atoms with Gasteiger partial charge in [0, 0.05) is 49.2 Å². The SMILES string of the molecule is COc1cc2ncnc(Nc3ccc(F)c(Cl)c3)c2cc1OCCCN1CC2CCC(=O)NC2C1. The first-order valence-electron chi connectivity index (χ1n) is 11.7. The monoisotopic (exact) mass is 499 g/mol. The number of hydrogen-bond acceptors (Lipinski definition) is 7. The van der Waals surface area contributed by atoms with Gasteiger partial charge in [-0.1, -0.05) is 11.6 Å². The third-order valence-corrected chi connectivity index (χ3v) is 6.87. The second-order valence-corrected chi connectivity index (χ2v) is 9.34. The summed E-state index contributed by atoms with van der Waals surface area (Å²) in [6.07, 6.45) is 3.90. The van der Waals surface area contributed by atoms with E-state index in [1.165, 1.54) is 18.5 Å². The molecule has 2 unspecified atom stereocenters. The van der Waals surface area contributed by atoms with E-state index < -0.39 is 5.82 Å². The van der Waals surface area contributed by atoms with Crippen molar-refractivity contribution >= 4 is 39.9 Å². The third-order valence-electron chi connectivity index (χ3n) is 6.58. The molecule has 2 aliphatic rings. The van der Waals surface area contributed by atoms with Crippen molar-refractivity contribution in [2.45, 2.75) is 25.3 Å². The molecule has 0 bridgehead atoms. The minimum atomic E-state index is -0.484. The Balaban J connectivity index is 1.25. The van der Waals surface area contributed by atoms with Crippen LogP contribution in [0, 0.1) is 11.7 Å². The predicted molar refractivity (Wildman–Crippen MR) is 132 cm³/mol. The molecule has 2 aromatic carbocycles. The molecule has 3 heterocycles. The normalized spacial score (nSPS) is 19.9. The number of carbonyl (C=O) groups excluding carboxylic acids is 1. The second-order valence-electron chi connectivity index (χ2n) is 8.93. The highest BCUT2D eigenvalue weighted by Crippen LogP contribution is 2.35. The molecule has 0 radical (unpaired) electrons. The van der Waals surface area contributed by atoms with Crippen LogP contribution in [-0.4, -0.2) is 60.2 Å². The second kappa shape index (κ2) is 10.2. The van der Waals surface area contributed by atoms with Crippen LogP contribution in [0.1, 0.15) is 19.3 Å². The van der Waals surface area contributed by atoms with E-state index in [-0.39, 0.29) is 17.0 Å². The highest BCUT2D eigenvalue weighted by molar-refractivity contribution is 6.31. The van der Waals surface area contributed by atoms with Crippen molar-refractivity contribution in [2.75, 3.05) is 38.7 Å². The van der Waals surface area contributed by atoms with Gasteiger partial charge in [-0.25, -0.2) is 14.4 Å². The Hall–Kier alpha value is -3.17. The van der Waals surface area contributed by atoms with Crippen LogP contribution >= 0.6 is 11.6 Å². The topological polar surface area (TPSA) is 88.6 Å². The number of hydrogen-bond donors (Lipinski definition) is 2. The standard InChI is InChI=1S/C25H27ClFN5O3/c1-34-22-11-20-17(25(29-14-28-20)30-16-4-5-19(27)18(26)9-16)10-23(22)35-8-2-7-32-12-15-3-6-24(33)31-21(15)13-32/h4-5,9-11,14-15,21H,2-3,6-8,12-13H2,1H3,(H,31,33)(H,28,29,30). The number of methoxy groups -OCH3 is 1. The summed E-state index contributed by atoms with van der Waals surface area (Å²) in [6, 6.07) is 8.33. The van der Waals surface area contributed by atoms with Gasteiger partial charge in [0.15, 0.2) is 11.5 Å². The van der Waals surface area contributed by atoms with Crippen molar-refractivity contribution in [3.05, 3.63) is 47.5 Å². The molecule has 2 fully saturated rings. The van der Waals surface area contributed by atoms with Crippen LogP contribution < -0.4 is 20.1 Å². The molecule has 2 saturated heterocycles. The van der Waals surface area contributed by atoms with Gasteiger partial charge >= 0.3 is 0 Å². The van der Waals surface area contributed by atoms with Crippen molar-refractivity contribution in [2.24, 2.45) is 5.92 Å². The summed E-state index contributed by atoms with van der Waals surface area (Å²) in [5.41, 5.74) is 1.29. The zero-order valence-electron chi connectivity index (χ0n) is 19.4. The van der Waals surface area contributed by atoms with Gasteiger partial charge in [-0.3, -0.25) is 4.79 Å². The lowest BCUT2D eigenvalue weighted by atomic mass is 9.94. The molecule has 1 amide bonds. The highest BCUT2D eigenvalue weighted by atomic mass is 35.5. The molecule has 2 atom stereocenters. The molecule has 35 heavy (non-hydrogen) atoms. The third kappa shape index (κ3) is 5.26. The molecule has 1 aromatic heterocycles.